The standard InChI is InChI=1S/C25H24ClFN2O3/c1-30-24-8-4-6-18(25(24)32-17-19-5-2-3-7-22(19)27)16-28-20-9-10-23(21(26)15-20)29-11-13-31-14-12-29/h2-10,15-16H,11-14,17H2,1H3. The molecule has 4 rings (SSSR count). The number of nitrogens with zero attached hydrogens (tertiary/aromatic N) is 2. The topological polar surface area (TPSA) is 43.3 Å². The number of rotatable bonds is 7. The van der Waals surface area contributed by atoms with E-state index in [9.17, 15) is 4.39 Å². The number of para-hydroxylation sites is 1. The maximum Gasteiger partial charge on any atom is 0.170 e. The number of aliphatic imine (C=N–C) groups is 1. The van der Waals surface area contributed by atoms with Crippen molar-refractivity contribution in [3.05, 3.63) is 82.6 Å². The molecule has 1 heterocycles. The van der Waals surface area contributed by atoms with Crippen molar-refractivity contribution in [2.75, 3.05) is 38.3 Å². The molecule has 0 aliphatic carbocycles. The van der Waals surface area contributed by atoms with E-state index in [4.69, 9.17) is 25.8 Å². The van der Waals surface area contributed by atoms with Crippen LogP contribution in [0.2, 0.25) is 5.02 Å². The molecule has 0 atom stereocenters. The van der Waals surface area contributed by atoms with Gasteiger partial charge in [-0.05, 0) is 36.4 Å². The van der Waals surface area contributed by atoms with Crippen LogP contribution in [-0.4, -0.2) is 39.6 Å². The molecular weight excluding hydrogens is 431 g/mol. The van der Waals surface area contributed by atoms with E-state index in [0.29, 0.717) is 40.9 Å². The number of ether oxygens (including phenoxy) is 3. The van der Waals surface area contributed by atoms with Gasteiger partial charge in [-0.1, -0.05) is 35.9 Å². The summed E-state index contributed by atoms with van der Waals surface area (Å²) in [6, 6.07) is 17.8. The Morgan fingerprint density at radius 1 is 1.09 bits per heavy atom. The second-order valence-corrected chi connectivity index (χ2v) is 7.66. The lowest BCUT2D eigenvalue weighted by molar-refractivity contribution is 0.122. The smallest absolute Gasteiger partial charge is 0.170 e. The maximum atomic E-state index is 14.0. The summed E-state index contributed by atoms with van der Waals surface area (Å²) in [5.41, 5.74) is 2.87. The number of hydrogen-bond acceptors (Lipinski definition) is 5. The summed E-state index contributed by atoms with van der Waals surface area (Å²) in [6.07, 6.45) is 1.69. The summed E-state index contributed by atoms with van der Waals surface area (Å²) in [7, 11) is 1.57. The third-order valence-corrected chi connectivity index (χ3v) is 5.50. The zero-order valence-corrected chi connectivity index (χ0v) is 18.5. The van der Waals surface area contributed by atoms with Crippen LogP contribution in [-0.2, 0) is 11.3 Å². The van der Waals surface area contributed by atoms with Crippen LogP contribution in [0.4, 0.5) is 15.8 Å². The number of benzene rings is 3. The summed E-state index contributed by atoms with van der Waals surface area (Å²) in [5, 5.41) is 0.642. The van der Waals surface area contributed by atoms with Gasteiger partial charge in [0.15, 0.2) is 11.5 Å². The zero-order valence-electron chi connectivity index (χ0n) is 17.8. The fraction of sp³-hybridized carbons (Fsp3) is 0.240. The van der Waals surface area contributed by atoms with Crippen LogP contribution in [0.25, 0.3) is 0 Å². The minimum Gasteiger partial charge on any atom is -0.493 e. The third-order valence-electron chi connectivity index (χ3n) is 5.19. The average molecular weight is 455 g/mol. The maximum absolute atomic E-state index is 14.0. The third kappa shape index (κ3) is 5.21. The van der Waals surface area contributed by atoms with Gasteiger partial charge in [-0.25, -0.2) is 4.39 Å². The first kappa shape index (κ1) is 22.1. The molecule has 0 N–H and O–H groups in total. The molecule has 1 aliphatic rings. The lowest BCUT2D eigenvalue weighted by Crippen LogP contribution is -2.36. The number of morpholine rings is 1. The molecule has 0 saturated carbocycles. The Morgan fingerprint density at radius 2 is 1.91 bits per heavy atom. The molecule has 1 fully saturated rings. The first-order chi connectivity index (χ1) is 15.7. The van der Waals surface area contributed by atoms with E-state index >= 15 is 0 Å². The van der Waals surface area contributed by atoms with E-state index in [1.54, 1.807) is 37.6 Å². The lowest BCUT2D eigenvalue weighted by Gasteiger charge is -2.29. The van der Waals surface area contributed by atoms with E-state index in [1.165, 1.54) is 6.07 Å². The van der Waals surface area contributed by atoms with Gasteiger partial charge >= 0.3 is 0 Å². The Labute approximate surface area is 192 Å². The van der Waals surface area contributed by atoms with Crippen LogP contribution >= 0.6 is 11.6 Å². The SMILES string of the molecule is COc1cccc(C=Nc2ccc(N3CCOCC3)c(Cl)c2)c1OCc1ccccc1F. The molecule has 166 valence electrons. The van der Waals surface area contributed by atoms with Gasteiger partial charge in [-0.3, -0.25) is 4.99 Å². The summed E-state index contributed by atoms with van der Waals surface area (Å²) in [5.74, 6) is 0.733. The predicted molar refractivity (Wildman–Crippen MR) is 125 cm³/mol. The summed E-state index contributed by atoms with van der Waals surface area (Å²) >= 11 is 6.52. The fourth-order valence-electron chi connectivity index (χ4n) is 3.50. The number of halogens is 2. The molecule has 3 aromatic rings. The molecule has 32 heavy (non-hydrogen) atoms. The number of hydrogen-bond donors (Lipinski definition) is 0. The second-order valence-electron chi connectivity index (χ2n) is 7.25. The predicted octanol–water partition coefficient (Wildman–Crippen LogP) is 5.65. The Balaban J connectivity index is 1.54. The van der Waals surface area contributed by atoms with Crippen LogP contribution in [0.1, 0.15) is 11.1 Å². The van der Waals surface area contributed by atoms with Crippen LogP contribution < -0.4 is 14.4 Å². The van der Waals surface area contributed by atoms with Crippen molar-refractivity contribution in [1.82, 2.24) is 0 Å². The van der Waals surface area contributed by atoms with E-state index < -0.39 is 0 Å². The molecule has 0 bridgehead atoms. The molecule has 1 saturated heterocycles. The van der Waals surface area contributed by atoms with Gasteiger partial charge in [0.1, 0.15) is 12.4 Å². The first-order valence-electron chi connectivity index (χ1n) is 10.3. The Hall–Kier alpha value is -3.09. The van der Waals surface area contributed by atoms with Crippen LogP contribution in [0.3, 0.4) is 0 Å². The van der Waals surface area contributed by atoms with Crippen molar-refractivity contribution < 1.29 is 18.6 Å². The highest BCUT2D eigenvalue weighted by atomic mass is 35.5. The van der Waals surface area contributed by atoms with Crippen molar-refractivity contribution in [3.63, 3.8) is 0 Å². The van der Waals surface area contributed by atoms with E-state index in [2.05, 4.69) is 9.89 Å². The summed E-state index contributed by atoms with van der Waals surface area (Å²) in [6.45, 7) is 3.10. The van der Waals surface area contributed by atoms with Crippen LogP contribution in [0.15, 0.2) is 65.7 Å². The molecular formula is C25H24ClFN2O3. The van der Waals surface area contributed by atoms with E-state index in [-0.39, 0.29) is 12.4 Å². The van der Waals surface area contributed by atoms with Gasteiger partial charge in [-0.2, -0.15) is 0 Å². The molecule has 0 spiro atoms. The summed E-state index contributed by atoms with van der Waals surface area (Å²) in [4.78, 5) is 6.77. The molecule has 7 heteroatoms. The largest absolute Gasteiger partial charge is 0.493 e. The van der Waals surface area contributed by atoms with E-state index in [0.717, 1.165) is 24.5 Å². The lowest BCUT2D eigenvalue weighted by atomic mass is 10.2. The van der Waals surface area contributed by atoms with E-state index in [1.807, 2.05) is 30.3 Å². The molecule has 0 unspecified atom stereocenters. The van der Waals surface area contributed by atoms with Crippen molar-refractivity contribution in [1.29, 1.82) is 0 Å². The Bertz CT molecular complexity index is 1100. The molecule has 0 radical (unpaired) electrons. The highest BCUT2D eigenvalue weighted by Gasteiger charge is 2.15. The van der Waals surface area contributed by atoms with Gasteiger partial charge in [0.05, 0.1) is 36.7 Å². The Kier molecular flexibility index (Phi) is 7.24. The molecule has 1 aliphatic heterocycles. The second kappa shape index (κ2) is 10.5. The zero-order chi connectivity index (χ0) is 22.3. The van der Waals surface area contributed by atoms with Gasteiger partial charge < -0.3 is 19.1 Å². The van der Waals surface area contributed by atoms with Crippen LogP contribution in [0, 0.1) is 5.82 Å². The van der Waals surface area contributed by atoms with Gasteiger partial charge in [0.2, 0.25) is 0 Å². The minimum absolute atomic E-state index is 0.0773. The summed E-state index contributed by atoms with van der Waals surface area (Å²) < 4.78 is 30.8. The fourth-order valence-corrected chi connectivity index (χ4v) is 3.79. The van der Waals surface area contributed by atoms with Gasteiger partial charge in [-0.15, -0.1) is 0 Å². The van der Waals surface area contributed by atoms with Crippen molar-refractivity contribution in [2.24, 2.45) is 4.99 Å². The Morgan fingerprint density at radius 3 is 2.66 bits per heavy atom. The number of methoxy groups -OCH3 is 1. The first-order valence-corrected chi connectivity index (χ1v) is 10.7. The van der Waals surface area contributed by atoms with Crippen molar-refractivity contribution >= 4 is 29.2 Å². The van der Waals surface area contributed by atoms with Gasteiger partial charge in [0.25, 0.3) is 0 Å². The molecule has 5 nitrogen and oxygen atoms in total. The molecule has 0 aromatic heterocycles. The quantitative estimate of drug-likeness (QED) is 0.432. The van der Waals surface area contributed by atoms with Gasteiger partial charge in [0, 0.05) is 30.4 Å². The van der Waals surface area contributed by atoms with Crippen LogP contribution in [0.5, 0.6) is 11.5 Å². The minimum atomic E-state index is -0.312. The molecule has 3 aromatic carbocycles. The average Bonchev–Trinajstić information content (AvgIpc) is 2.83. The van der Waals surface area contributed by atoms with Crippen molar-refractivity contribution in [2.45, 2.75) is 6.61 Å². The normalized spacial score (nSPS) is 14.0. The van der Waals surface area contributed by atoms with Crippen molar-refractivity contribution in [3.8, 4) is 11.5 Å². The highest BCUT2D eigenvalue weighted by molar-refractivity contribution is 6.33. The number of anilines is 1. The highest BCUT2D eigenvalue weighted by Crippen LogP contribution is 2.33. The monoisotopic (exact) mass is 454 g/mol. The molecule has 0 amide bonds.